The second-order valence-corrected chi connectivity index (χ2v) is 37.2. The van der Waals surface area contributed by atoms with Gasteiger partial charge in [-0.05, 0) is 98.6 Å². The van der Waals surface area contributed by atoms with E-state index in [1.165, 1.54) is 111 Å². The lowest BCUT2D eigenvalue weighted by molar-refractivity contribution is 1.31. The summed E-state index contributed by atoms with van der Waals surface area (Å²) in [5, 5.41) is 23.5. The van der Waals surface area contributed by atoms with E-state index in [9.17, 15) is 0 Å². The maximum Gasteiger partial charge on any atom is 0.179 e. The van der Waals surface area contributed by atoms with E-state index in [1.54, 1.807) is 0 Å². The van der Waals surface area contributed by atoms with Crippen LogP contribution in [0.5, 0.6) is 0 Å². The zero-order valence-corrected chi connectivity index (χ0v) is 55.7. The van der Waals surface area contributed by atoms with Gasteiger partial charge in [0.15, 0.2) is 24.2 Å². The third kappa shape index (κ3) is 7.98. The molecule has 19 rings (SSSR count). The predicted octanol–water partition coefficient (Wildman–Crippen LogP) is 13.5. The number of hydrogen-bond acceptors (Lipinski definition) is 0. The monoisotopic (exact) mass is 1270 g/mol. The molecular formula is C90H63N3Si3. The molecule has 0 unspecified atom stereocenters. The lowest BCUT2D eigenvalue weighted by Crippen LogP contribution is -2.74. The van der Waals surface area contributed by atoms with Gasteiger partial charge in [0.05, 0.1) is 49.7 Å². The quantitative estimate of drug-likeness (QED) is 0.0854. The van der Waals surface area contributed by atoms with Crippen LogP contribution >= 0.6 is 0 Å². The van der Waals surface area contributed by atoms with Crippen molar-refractivity contribution in [2.45, 2.75) is 0 Å². The summed E-state index contributed by atoms with van der Waals surface area (Å²) >= 11 is 0. The van der Waals surface area contributed by atoms with Crippen molar-refractivity contribution < 1.29 is 0 Å². The van der Waals surface area contributed by atoms with Crippen LogP contribution in [0.25, 0.3) is 82.0 Å². The Morgan fingerprint density at radius 3 is 0.510 bits per heavy atom. The van der Waals surface area contributed by atoms with Gasteiger partial charge in [-0.15, -0.1) is 0 Å². The van der Waals surface area contributed by atoms with Crippen LogP contribution in [-0.2, 0) is 0 Å². The Morgan fingerprint density at radius 2 is 0.323 bits per heavy atom. The molecule has 0 aliphatic heterocycles. The molecule has 15 aromatic carbocycles. The van der Waals surface area contributed by atoms with E-state index in [1.807, 2.05) is 0 Å². The minimum atomic E-state index is -2.97. The van der Waals surface area contributed by atoms with Gasteiger partial charge in [0.25, 0.3) is 0 Å². The summed E-state index contributed by atoms with van der Waals surface area (Å²) in [6.07, 6.45) is 0. The van der Waals surface area contributed by atoms with E-state index in [4.69, 9.17) is 0 Å². The van der Waals surface area contributed by atoms with Crippen LogP contribution in [0.1, 0.15) is 0 Å². The van der Waals surface area contributed by atoms with E-state index in [-0.39, 0.29) is 0 Å². The standard InChI is InChI=1S/C90H63N3Si3/c1-10-31-64(32-11-1)94(65-33-12-2-13-34-65,66-35-14-3-15-36-66)73-55-58-82-79(61-73)76-49-28-52-85-88(76)91(82)86-53-29-50-77-80-62-75(96(70-43-22-7-23-44-70,71-45-24-8-25-46-71)72-47-26-9-27-48-72)57-60-84(80)93(89(77)86)87-54-30-51-78-81-63-74(56-59-83(81)92(85)90(78)87)95(67-37-16-4-17-38-67,68-39-18-5-19-40-68)69-41-20-6-21-42-69/h1-63H. The zero-order valence-electron chi connectivity index (χ0n) is 52.7. The third-order valence-electron chi connectivity index (χ3n) is 21.2. The molecule has 0 fully saturated rings. The van der Waals surface area contributed by atoms with E-state index in [2.05, 4.69) is 395 Å². The molecular weight excluding hydrogens is 1210 g/mol. The van der Waals surface area contributed by atoms with Gasteiger partial charge in [0, 0.05) is 32.3 Å². The molecule has 0 N–H and O–H groups in total. The number of hydrogen-bond donors (Lipinski definition) is 0. The van der Waals surface area contributed by atoms with Gasteiger partial charge in [-0.3, -0.25) is 0 Å². The minimum Gasteiger partial charge on any atom is -0.305 e. The van der Waals surface area contributed by atoms with E-state index < -0.39 is 24.2 Å². The normalized spacial score (nSPS) is 12.4. The first-order valence-electron chi connectivity index (χ1n) is 33.4. The SMILES string of the molecule is c1ccc([Si](c2ccccc2)(c2ccccc2)c2ccc3c(c2)c2cccc4c2n3c2cccc3c5cc([Si](c6ccccc6)(c6ccccc6)c6ccccc6)ccc5n(c5cccc6c7cc([Si](c8ccccc8)(c8ccccc8)c8ccccc8)ccc7n4c65)c32)cc1. The van der Waals surface area contributed by atoms with Crippen LogP contribution < -0.4 is 62.2 Å². The highest BCUT2D eigenvalue weighted by atomic mass is 28.3. The lowest BCUT2D eigenvalue weighted by Gasteiger charge is -2.34. The van der Waals surface area contributed by atoms with Crippen LogP contribution in [-0.4, -0.2) is 37.4 Å². The highest BCUT2D eigenvalue weighted by Gasteiger charge is 2.45. The van der Waals surface area contributed by atoms with Crippen molar-refractivity contribution in [1.82, 2.24) is 13.2 Å². The Labute approximate surface area is 560 Å². The number of fused-ring (bicyclic) bond motifs is 12. The second kappa shape index (κ2) is 22.3. The molecule has 0 bridgehead atoms. The molecule has 0 spiro atoms. The topological polar surface area (TPSA) is 13.2 Å². The van der Waals surface area contributed by atoms with Crippen LogP contribution in [0.2, 0.25) is 0 Å². The van der Waals surface area contributed by atoms with E-state index in [0.717, 1.165) is 33.1 Å². The molecule has 0 saturated heterocycles. The van der Waals surface area contributed by atoms with Gasteiger partial charge in [-0.25, -0.2) is 0 Å². The number of rotatable bonds is 12. The molecule has 6 heteroatoms. The van der Waals surface area contributed by atoms with Crippen LogP contribution in [0.15, 0.2) is 382 Å². The van der Waals surface area contributed by atoms with Crippen molar-refractivity contribution in [2.24, 2.45) is 0 Å². The average molecular weight is 1270 g/mol. The van der Waals surface area contributed by atoms with E-state index in [0.29, 0.717) is 0 Å². The molecule has 0 aliphatic carbocycles. The Kier molecular flexibility index (Phi) is 13.0. The van der Waals surface area contributed by atoms with Crippen LogP contribution in [0.4, 0.5) is 0 Å². The molecule has 19 aromatic rings. The van der Waals surface area contributed by atoms with Gasteiger partial charge < -0.3 is 13.2 Å². The minimum absolute atomic E-state index is 1.14. The Bertz CT molecular complexity index is 5260. The van der Waals surface area contributed by atoms with Crippen molar-refractivity contribution >= 4 is 168 Å². The molecule has 0 atom stereocenters. The lowest BCUT2D eigenvalue weighted by atomic mass is 10.1. The van der Waals surface area contributed by atoms with Crippen LogP contribution in [0.3, 0.4) is 0 Å². The molecule has 450 valence electrons. The highest BCUT2D eigenvalue weighted by molar-refractivity contribution is 7.21. The van der Waals surface area contributed by atoms with Gasteiger partial charge >= 0.3 is 0 Å². The van der Waals surface area contributed by atoms with Gasteiger partial charge in [-0.1, -0.05) is 346 Å². The molecule has 0 radical (unpaired) electrons. The van der Waals surface area contributed by atoms with Gasteiger partial charge in [0.2, 0.25) is 0 Å². The molecule has 96 heavy (non-hydrogen) atoms. The Balaban J connectivity index is 1.01. The summed E-state index contributed by atoms with van der Waals surface area (Å²) < 4.78 is 7.94. The summed E-state index contributed by atoms with van der Waals surface area (Å²) in [7, 11) is -8.92. The van der Waals surface area contributed by atoms with Crippen molar-refractivity contribution in [3.8, 4) is 0 Å². The van der Waals surface area contributed by atoms with Crippen molar-refractivity contribution in [3.05, 3.63) is 382 Å². The van der Waals surface area contributed by atoms with Gasteiger partial charge in [-0.2, -0.15) is 0 Å². The fourth-order valence-electron chi connectivity index (χ4n) is 17.3. The van der Waals surface area contributed by atoms with Crippen molar-refractivity contribution in [1.29, 1.82) is 0 Å². The van der Waals surface area contributed by atoms with Gasteiger partial charge in [0.1, 0.15) is 0 Å². The molecule has 0 saturated carbocycles. The zero-order chi connectivity index (χ0) is 63.4. The maximum absolute atomic E-state index is 2.97. The number of para-hydroxylation sites is 3. The fraction of sp³-hybridized carbons (Fsp3) is 0. The predicted molar refractivity (Wildman–Crippen MR) is 415 cm³/mol. The smallest absolute Gasteiger partial charge is 0.179 e. The molecule has 4 aromatic heterocycles. The largest absolute Gasteiger partial charge is 0.305 e. The number of benzene rings is 15. The van der Waals surface area contributed by atoms with Crippen LogP contribution in [0, 0.1) is 0 Å². The first kappa shape index (κ1) is 55.9. The fourth-order valence-corrected chi connectivity index (χ4v) is 31.7. The summed E-state index contributed by atoms with van der Waals surface area (Å²) in [5.74, 6) is 0. The first-order chi connectivity index (χ1) is 47.7. The second-order valence-electron chi connectivity index (χ2n) is 25.8. The summed E-state index contributed by atoms with van der Waals surface area (Å²) in [6.45, 7) is 0. The Hall–Kier alpha value is -11.6. The molecule has 0 aliphatic rings. The summed E-state index contributed by atoms with van der Waals surface area (Å²) in [6, 6.07) is 146. The number of nitrogens with zero attached hydrogens (tertiary/aromatic N) is 3. The molecule has 4 heterocycles. The molecule has 3 nitrogen and oxygen atoms in total. The highest BCUT2D eigenvalue weighted by Crippen LogP contribution is 2.42. The van der Waals surface area contributed by atoms with Crippen molar-refractivity contribution in [2.75, 3.05) is 0 Å². The summed E-state index contributed by atoms with van der Waals surface area (Å²) in [5.41, 5.74) is 10.4. The molecule has 0 amide bonds. The maximum atomic E-state index is 2.65. The van der Waals surface area contributed by atoms with Crippen molar-refractivity contribution in [3.63, 3.8) is 0 Å². The summed E-state index contributed by atoms with van der Waals surface area (Å²) in [4.78, 5) is 0. The average Bonchev–Trinajstić information content (AvgIpc) is 1.48. The third-order valence-corrected chi connectivity index (χ3v) is 35.5. The van der Waals surface area contributed by atoms with E-state index >= 15 is 0 Å². The Morgan fingerprint density at radius 1 is 0.135 bits per heavy atom. The first-order valence-corrected chi connectivity index (χ1v) is 39.4. The number of aromatic nitrogens is 3.